The Hall–Kier alpha value is -0.900. The van der Waals surface area contributed by atoms with E-state index < -0.39 is 0 Å². The molecular formula is C16H27N3. The topological polar surface area (TPSA) is 32.5 Å². The van der Waals surface area contributed by atoms with Crippen molar-refractivity contribution in [2.45, 2.75) is 30.8 Å². The highest BCUT2D eigenvalue weighted by molar-refractivity contribution is 5.19. The van der Waals surface area contributed by atoms with Crippen LogP contribution in [0.4, 0.5) is 0 Å². The Balaban J connectivity index is 2.07. The number of hydrogen-bond donors (Lipinski definition) is 1. The summed E-state index contributed by atoms with van der Waals surface area (Å²) in [5, 5.41) is 0. The molecule has 1 aromatic rings. The quantitative estimate of drug-likeness (QED) is 0.851. The summed E-state index contributed by atoms with van der Waals surface area (Å²) in [6.07, 6.45) is 3.96. The van der Waals surface area contributed by atoms with Crippen molar-refractivity contribution in [3.63, 3.8) is 0 Å². The van der Waals surface area contributed by atoms with Crippen molar-refractivity contribution in [2.24, 2.45) is 5.73 Å². The predicted molar refractivity (Wildman–Crippen MR) is 81.1 cm³/mol. The first-order valence-electron chi connectivity index (χ1n) is 7.22. The highest BCUT2D eigenvalue weighted by Gasteiger charge is 2.40. The molecule has 0 aliphatic heterocycles. The molecule has 1 aromatic carbocycles. The summed E-state index contributed by atoms with van der Waals surface area (Å²) in [5.74, 6) is 0. The fraction of sp³-hybridized carbons (Fsp3) is 0.625. The van der Waals surface area contributed by atoms with Crippen LogP contribution in [0.2, 0.25) is 0 Å². The highest BCUT2D eigenvalue weighted by Crippen LogP contribution is 2.37. The lowest BCUT2D eigenvalue weighted by Gasteiger charge is -2.50. The lowest BCUT2D eigenvalue weighted by Crippen LogP contribution is -2.57. The van der Waals surface area contributed by atoms with Crippen LogP contribution in [0.1, 0.15) is 30.9 Å². The van der Waals surface area contributed by atoms with Gasteiger partial charge in [-0.25, -0.2) is 0 Å². The van der Waals surface area contributed by atoms with Crippen LogP contribution >= 0.6 is 0 Å². The Bertz CT molecular complexity index is 384. The van der Waals surface area contributed by atoms with E-state index in [1.807, 2.05) is 0 Å². The van der Waals surface area contributed by atoms with Crippen molar-refractivity contribution >= 4 is 0 Å². The maximum absolute atomic E-state index is 6.00. The molecule has 1 aliphatic carbocycles. The van der Waals surface area contributed by atoms with Gasteiger partial charge >= 0.3 is 0 Å². The molecule has 3 nitrogen and oxygen atoms in total. The summed E-state index contributed by atoms with van der Waals surface area (Å²) in [6.45, 7) is 1.76. The van der Waals surface area contributed by atoms with Crippen molar-refractivity contribution < 1.29 is 0 Å². The van der Waals surface area contributed by atoms with Crippen LogP contribution in [-0.4, -0.2) is 49.6 Å². The number of likely N-dealkylation sites (N-methyl/N-ethyl adjacent to an activating group) is 2. The van der Waals surface area contributed by atoms with Gasteiger partial charge in [-0.3, -0.25) is 4.90 Å². The molecule has 2 rings (SSSR count). The third-order valence-electron chi connectivity index (χ3n) is 4.72. The van der Waals surface area contributed by atoms with Crippen molar-refractivity contribution in [2.75, 3.05) is 34.2 Å². The van der Waals surface area contributed by atoms with Gasteiger partial charge in [-0.1, -0.05) is 30.3 Å². The van der Waals surface area contributed by atoms with Crippen molar-refractivity contribution in [3.05, 3.63) is 35.9 Å². The first-order chi connectivity index (χ1) is 9.09. The largest absolute Gasteiger partial charge is 0.329 e. The fourth-order valence-corrected chi connectivity index (χ4v) is 3.15. The summed E-state index contributed by atoms with van der Waals surface area (Å²) < 4.78 is 0. The Kier molecular flexibility index (Phi) is 4.61. The Morgan fingerprint density at radius 3 is 2.21 bits per heavy atom. The summed E-state index contributed by atoms with van der Waals surface area (Å²) in [7, 11) is 6.61. The Morgan fingerprint density at radius 1 is 1.16 bits per heavy atom. The lowest BCUT2D eigenvalue weighted by atomic mass is 9.75. The second-order valence-corrected chi connectivity index (χ2v) is 6.05. The second-order valence-electron chi connectivity index (χ2n) is 6.05. The summed E-state index contributed by atoms with van der Waals surface area (Å²) in [4.78, 5) is 4.82. The first-order valence-corrected chi connectivity index (χ1v) is 7.22. The molecule has 0 bridgehead atoms. The maximum atomic E-state index is 6.00. The van der Waals surface area contributed by atoms with E-state index in [0.717, 1.165) is 6.54 Å². The summed E-state index contributed by atoms with van der Waals surface area (Å²) >= 11 is 0. The van der Waals surface area contributed by atoms with Gasteiger partial charge in [0.15, 0.2) is 0 Å². The van der Waals surface area contributed by atoms with Gasteiger partial charge in [-0.05, 0) is 46.0 Å². The molecule has 1 saturated carbocycles. The van der Waals surface area contributed by atoms with Gasteiger partial charge in [0.2, 0.25) is 0 Å². The van der Waals surface area contributed by atoms with Crippen molar-refractivity contribution in [3.8, 4) is 0 Å². The molecule has 0 aromatic heterocycles. The minimum absolute atomic E-state index is 0.318. The first kappa shape index (κ1) is 14.5. The van der Waals surface area contributed by atoms with E-state index in [0.29, 0.717) is 18.1 Å². The van der Waals surface area contributed by atoms with Gasteiger partial charge in [0.25, 0.3) is 0 Å². The highest BCUT2D eigenvalue weighted by atomic mass is 15.2. The molecule has 0 spiro atoms. The fourth-order valence-electron chi connectivity index (χ4n) is 3.15. The zero-order valence-corrected chi connectivity index (χ0v) is 12.5. The zero-order valence-electron chi connectivity index (χ0n) is 12.5. The van der Waals surface area contributed by atoms with Crippen LogP contribution in [0.15, 0.2) is 30.3 Å². The smallest absolute Gasteiger partial charge is 0.0468 e. The molecule has 3 heteroatoms. The van der Waals surface area contributed by atoms with Crippen molar-refractivity contribution in [1.82, 2.24) is 9.80 Å². The minimum Gasteiger partial charge on any atom is -0.329 e. The molecule has 106 valence electrons. The molecule has 0 amide bonds. The normalized spacial score (nSPS) is 19.5. The van der Waals surface area contributed by atoms with E-state index in [9.17, 15) is 0 Å². The number of benzene rings is 1. The van der Waals surface area contributed by atoms with Crippen LogP contribution < -0.4 is 5.73 Å². The van der Waals surface area contributed by atoms with Crippen LogP contribution in [0.3, 0.4) is 0 Å². The van der Waals surface area contributed by atoms with E-state index in [1.165, 1.54) is 24.8 Å². The molecule has 19 heavy (non-hydrogen) atoms. The Labute approximate surface area is 117 Å². The van der Waals surface area contributed by atoms with Gasteiger partial charge in [-0.2, -0.15) is 0 Å². The molecule has 1 atom stereocenters. The number of rotatable bonds is 6. The van der Waals surface area contributed by atoms with E-state index in [-0.39, 0.29) is 0 Å². The standard InChI is InChI=1S/C16H27N3/c1-18(2)16(10-7-11-16)13-19(3)15(12-17)14-8-5-4-6-9-14/h4-6,8-9,15H,7,10-13,17H2,1-3H3. The number of nitrogens with two attached hydrogens (primary N) is 1. The van der Waals surface area contributed by atoms with E-state index in [2.05, 4.69) is 61.3 Å². The third-order valence-corrected chi connectivity index (χ3v) is 4.72. The monoisotopic (exact) mass is 261 g/mol. The molecule has 1 unspecified atom stereocenters. The molecule has 0 radical (unpaired) electrons. The van der Waals surface area contributed by atoms with Crippen LogP contribution in [0.5, 0.6) is 0 Å². The summed E-state index contributed by atoms with van der Waals surface area (Å²) in [5.41, 5.74) is 7.68. The maximum Gasteiger partial charge on any atom is 0.0468 e. The zero-order chi connectivity index (χ0) is 13.9. The predicted octanol–water partition coefficient (Wildman–Crippen LogP) is 2.10. The van der Waals surface area contributed by atoms with Gasteiger partial charge in [0.1, 0.15) is 0 Å². The summed E-state index contributed by atoms with van der Waals surface area (Å²) in [6, 6.07) is 10.9. The van der Waals surface area contributed by atoms with Crippen LogP contribution in [0.25, 0.3) is 0 Å². The van der Waals surface area contributed by atoms with E-state index in [1.54, 1.807) is 0 Å². The molecule has 0 saturated heterocycles. The van der Waals surface area contributed by atoms with Crippen LogP contribution in [-0.2, 0) is 0 Å². The molecule has 1 fully saturated rings. The minimum atomic E-state index is 0.318. The van der Waals surface area contributed by atoms with Gasteiger partial charge in [-0.15, -0.1) is 0 Å². The third kappa shape index (κ3) is 2.99. The molecule has 1 aliphatic rings. The van der Waals surface area contributed by atoms with Gasteiger partial charge < -0.3 is 10.6 Å². The molecular weight excluding hydrogens is 234 g/mol. The lowest BCUT2D eigenvalue weighted by molar-refractivity contribution is 0.0168. The number of nitrogens with zero attached hydrogens (tertiary/aromatic N) is 2. The molecule has 2 N–H and O–H groups in total. The van der Waals surface area contributed by atoms with Gasteiger partial charge in [0.05, 0.1) is 0 Å². The average Bonchev–Trinajstić information content (AvgIpc) is 2.35. The number of hydrogen-bond acceptors (Lipinski definition) is 3. The average molecular weight is 261 g/mol. The second kappa shape index (κ2) is 6.04. The van der Waals surface area contributed by atoms with E-state index in [4.69, 9.17) is 5.73 Å². The van der Waals surface area contributed by atoms with Crippen LogP contribution in [0, 0.1) is 0 Å². The Morgan fingerprint density at radius 2 is 1.79 bits per heavy atom. The van der Waals surface area contributed by atoms with Crippen molar-refractivity contribution in [1.29, 1.82) is 0 Å². The van der Waals surface area contributed by atoms with Gasteiger partial charge in [0, 0.05) is 24.7 Å². The van der Waals surface area contributed by atoms with E-state index >= 15 is 0 Å². The SMILES string of the molecule is CN(CC1(N(C)C)CCC1)C(CN)c1ccccc1. The molecule has 0 heterocycles.